The number of carbonyl (C=O) groups is 3. The fraction of sp³-hybridized carbons (Fsp3) is 0.0625. The Morgan fingerprint density at radius 3 is 1.62 bits per heavy atom. The summed E-state index contributed by atoms with van der Waals surface area (Å²) in [6.45, 7) is 0. The van der Waals surface area contributed by atoms with Crippen molar-refractivity contribution in [3.05, 3.63) is 71.8 Å². The Morgan fingerprint density at radius 2 is 1.24 bits per heavy atom. The predicted molar refractivity (Wildman–Crippen MR) is 75.1 cm³/mol. The number of imide groups is 2. The van der Waals surface area contributed by atoms with Crippen molar-refractivity contribution >= 4 is 17.8 Å². The van der Waals surface area contributed by atoms with Crippen LogP contribution >= 0.6 is 0 Å². The van der Waals surface area contributed by atoms with Crippen LogP contribution in [0.25, 0.3) is 0 Å². The maximum atomic E-state index is 12.0. The first kappa shape index (κ1) is 13.1. The Hall–Kier alpha value is -2.95. The molecule has 0 atom stereocenters. The highest BCUT2D eigenvalue weighted by Gasteiger charge is 2.42. The van der Waals surface area contributed by atoms with E-state index in [1.165, 1.54) is 0 Å². The van der Waals surface area contributed by atoms with Gasteiger partial charge < -0.3 is 0 Å². The molecule has 1 aliphatic heterocycles. The van der Waals surface area contributed by atoms with Crippen molar-refractivity contribution in [1.29, 1.82) is 0 Å². The minimum atomic E-state index is -0.892. The molecule has 1 heterocycles. The highest BCUT2D eigenvalue weighted by molar-refractivity contribution is 6.45. The van der Waals surface area contributed by atoms with Crippen LogP contribution in [-0.2, 0) is 9.59 Å². The second kappa shape index (κ2) is 5.20. The van der Waals surface area contributed by atoms with E-state index >= 15 is 0 Å². The van der Waals surface area contributed by atoms with Gasteiger partial charge in [-0.15, -0.1) is 0 Å². The largest absolute Gasteiger partial charge is 0.332 e. The lowest BCUT2D eigenvalue weighted by molar-refractivity contribution is -0.140. The monoisotopic (exact) mass is 280 g/mol. The first-order valence-electron chi connectivity index (χ1n) is 6.47. The SMILES string of the molecule is O=C1NC(=O)N(C(c2ccccc2)c2ccccc2)C1=O. The quantitative estimate of drug-likeness (QED) is 0.689. The molecule has 1 fully saturated rings. The van der Waals surface area contributed by atoms with Crippen LogP contribution in [0.4, 0.5) is 4.79 Å². The van der Waals surface area contributed by atoms with E-state index in [4.69, 9.17) is 0 Å². The van der Waals surface area contributed by atoms with E-state index in [0.717, 1.165) is 16.0 Å². The number of carbonyl (C=O) groups excluding carboxylic acids is 3. The number of nitrogens with zero attached hydrogens (tertiary/aromatic N) is 1. The van der Waals surface area contributed by atoms with E-state index in [1.54, 1.807) is 0 Å². The zero-order valence-corrected chi connectivity index (χ0v) is 11.0. The van der Waals surface area contributed by atoms with Crippen molar-refractivity contribution < 1.29 is 14.4 Å². The van der Waals surface area contributed by atoms with Gasteiger partial charge in [0.2, 0.25) is 0 Å². The molecule has 21 heavy (non-hydrogen) atoms. The molecule has 0 unspecified atom stereocenters. The third kappa shape index (κ3) is 2.29. The first-order valence-corrected chi connectivity index (χ1v) is 6.47. The van der Waals surface area contributed by atoms with Crippen LogP contribution in [0.1, 0.15) is 17.2 Å². The number of benzene rings is 2. The van der Waals surface area contributed by atoms with E-state index in [-0.39, 0.29) is 0 Å². The summed E-state index contributed by atoms with van der Waals surface area (Å²) >= 11 is 0. The molecule has 3 rings (SSSR count). The predicted octanol–water partition coefficient (Wildman–Crippen LogP) is 1.85. The minimum Gasteiger partial charge on any atom is -0.269 e. The highest BCUT2D eigenvalue weighted by atomic mass is 16.2. The maximum Gasteiger partial charge on any atom is 0.332 e. The number of hydrogen-bond acceptors (Lipinski definition) is 3. The molecule has 0 aromatic heterocycles. The van der Waals surface area contributed by atoms with Gasteiger partial charge in [0.05, 0.1) is 6.04 Å². The molecule has 5 nitrogen and oxygen atoms in total. The van der Waals surface area contributed by atoms with E-state index in [0.29, 0.717) is 0 Å². The van der Waals surface area contributed by atoms with Gasteiger partial charge in [0.25, 0.3) is 0 Å². The van der Waals surface area contributed by atoms with Gasteiger partial charge in [-0.25, -0.2) is 9.69 Å². The average molecular weight is 280 g/mol. The molecule has 104 valence electrons. The Morgan fingerprint density at radius 1 is 0.762 bits per heavy atom. The summed E-state index contributed by atoms with van der Waals surface area (Å²) in [5.41, 5.74) is 1.53. The third-order valence-corrected chi connectivity index (χ3v) is 3.34. The number of rotatable bonds is 3. The fourth-order valence-electron chi connectivity index (χ4n) is 2.41. The fourth-order valence-corrected chi connectivity index (χ4v) is 2.41. The number of hydrogen-bond donors (Lipinski definition) is 1. The van der Waals surface area contributed by atoms with Crippen molar-refractivity contribution in [1.82, 2.24) is 10.2 Å². The van der Waals surface area contributed by atoms with Crippen LogP contribution in [0.5, 0.6) is 0 Å². The number of urea groups is 1. The summed E-state index contributed by atoms with van der Waals surface area (Å²) in [6.07, 6.45) is 0. The van der Waals surface area contributed by atoms with Gasteiger partial charge in [-0.3, -0.25) is 14.9 Å². The Kier molecular flexibility index (Phi) is 3.23. The van der Waals surface area contributed by atoms with Crippen molar-refractivity contribution in [2.75, 3.05) is 0 Å². The molecule has 5 heteroatoms. The highest BCUT2D eigenvalue weighted by Crippen LogP contribution is 2.30. The molecule has 1 N–H and O–H groups in total. The number of nitrogens with one attached hydrogen (secondary N) is 1. The van der Waals surface area contributed by atoms with Gasteiger partial charge >= 0.3 is 17.8 Å². The lowest BCUT2D eigenvalue weighted by atomic mass is 9.97. The van der Waals surface area contributed by atoms with Crippen LogP contribution in [0, 0.1) is 0 Å². The van der Waals surface area contributed by atoms with E-state index in [1.807, 2.05) is 66.0 Å². The van der Waals surface area contributed by atoms with Crippen LogP contribution < -0.4 is 5.32 Å². The third-order valence-electron chi connectivity index (χ3n) is 3.34. The summed E-state index contributed by atoms with van der Waals surface area (Å²) in [5, 5.41) is 2.04. The molecule has 0 aliphatic carbocycles. The topological polar surface area (TPSA) is 66.5 Å². The number of amides is 4. The molecule has 0 bridgehead atoms. The van der Waals surface area contributed by atoms with Gasteiger partial charge in [-0.1, -0.05) is 60.7 Å². The molecule has 1 aliphatic rings. The van der Waals surface area contributed by atoms with Crippen LogP contribution in [0.2, 0.25) is 0 Å². The van der Waals surface area contributed by atoms with Gasteiger partial charge in [0.1, 0.15) is 0 Å². The summed E-state index contributed by atoms with van der Waals surface area (Å²) in [5.74, 6) is -1.73. The molecular weight excluding hydrogens is 268 g/mol. The molecule has 0 spiro atoms. The van der Waals surface area contributed by atoms with Gasteiger partial charge in [0, 0.05) is 0 Å². The summed E-state index contributed by atoms with van der Waals surface area (Å²) in [4.78, 5) is 36.4. The summed E-state index contributed by atoms with van der Waals surface area (Å²) < 4.78 is 0. The standard InChI is InChI=1S/C16H12N2O3/c19-14-15(20)18(16(21)17-14)13(11-7-3-1-4-8-11)12-9-5-2-6-10-12/h1-10,13H,(H,17,19,21). The van der Waals surface area contributed by atoms with Crippen molar-refractivity contribution in [3.63, 3.8) is 0 Å². The first-order chi connectivity index (χ1) is 10.2. The normalized spacial score (nSPS) is 14.7. The lowest BCUT2D eigenvalue weighted by Gasteiger charge is -2.25. The van der Waals surface area contributed by atoms with E-state index in [9.17, 15) is 14.4 Å². The summed E-state index contributed by atoms with van der Waals surface area (Å²) in [7, 11) is 0. The molecule has 1 saturated heterocycles. The lowest BCUT2D eigenvalue weighted by Crippen LogP contribution is -2.35. The van der Waals surface area contributed by atoms with Crippen molar-refractivity contribution in [2.45, 2.75) is 6.04 Å². The average Bonchev–Trinajstić information content (AvgIpc) is 2.76. The Bertz CT molecular complexity index is 658. The second-order valence-corrected chi connectivity index (χ2v) is 4.66. The Labute approximate surface area is 121 Å². The van der Waals surface area contributed by atoms with Gasteiger partial charge in [0.15, 0.2) is 0 Å². The molecule has 4 amide bonds. The van der Waals surface area contributed by atoms with Gasteiger partial charge in [-0.2, -0.15) is 0 Å². The summed E-state index contributed by atoms with van der Waals surface area (Å²) in [6, 6.07) is 17.0. The van der Waals surface area contributed by atoms with Gasteiger partial charge in [-0.05, 0) is 11.1 Å². The van der Waals surface area contributed by atoms with Crippen molar-refractivity contribution in [3.8, 4) is 0 Å². The van der Waals surface area contributed by atoms with E-state index < -0.39 is 23.9 Å². The molecule has 2 aromatic rings. The van der Waals surface area contributed by atoms with Crippen molar-refractivity contribution in [2.24, 2.45) is 0 Å². The minimum absolute atomic E-state index is 0.619. The maximum absolute atomic E-state index is 12.0. The smallest absolute Gasteiger partial charge is 0.269 e. The zero-order valence-electron chi connectivity index (χ0n) is 11.0. The molecule has 0 saturated carbocycles. The second-order valence-electron chi connectivity index (χ2n) is 4.66. The van der Waals surface area contributed by atoms with Crippen LogP contribution in [0.3, 0.4) is 0 Å². The van der Waals surface area contributed by atoms with Crippen LogP contribution in [0.15, 0.2) is 60.7 Å². The zero-order chi connectivity index (χ0) is 14.8. The molecule has 0 radical (unpaired) electrons. The molecular formula is C16H12N2O3. The Balaban J connectivity index is 2.12. The molecule has 2 aromatic carbocycles. The van der Waals surface area contributed by atoms with Crippen LogP contribution in [-0.4, -0.2) is 22.7 Å². The van der Waals surface area contributed by atoms with E-state index in [2.05, 4.69) is 0 Å².